The lowest BCUT2D eigenvalue weighted by molar-refractivity contribution is -0.129. The summed E-state index contributed by atoms with van der Waals surface area (Å²) in [5.74, 6) is -2.54. The molecule has 2 aromatic rings. The average molecular weight is 757 g/mol. The number of carbonyl (C=O) groups excluding carboxylic acids is 5. The van der Waals surface area contributed by atoms with Gasteiger partial charge in [-0.25, -0.2) is 14.5 Å². The molecule has 0 aromatic heterocycles. The zero-order valence-electron chi connectivity index (χ0n) is 29.6. The zero-order valence-corrected chi connectivity index (χ0v) is 31.2. The number of hydrogen-bond donors (Lipinski definition) is 2. The van der Waals surface area contributed by atoms with Crippen molar-refractivity contribution in [1.82, 2.24) is 10.2 Å². The number of amides is 4. The second-order valence-corrected chi connectivity index (χ2v) is 13.1. The molecule has 1 fully saturated rings. The first kappa shape index (κ1) is 40.2. The first-order valence-corrected chi connectivity index (χ1v) is 18.3. The summed E-state index contributed by atoms with van der Waals surface area (Å²) in [7, 11) is 2.85. The topological polar surface area (TPSA) is 140 Å². The third kappa shape index (κ3) is 11.4. The van der Waals surface area contributed by atoms with E-state index in [0.29, 0.717) is 21.6 Å². The predicted octanol–water partition coefficient (Wildman–Crippen LogP) is 8.32. The van der Waals surface area contributed by atoms with Gasteiger partial charge in [0.25, 0.3) is 11.8 Å². The number of allylic oxidation sites excluding steroid dienone is 1. The lowest BCUT2D eigenvalue weighted by Gasteiger charge is -2.24. The molecule has 0 saturated carbocycles. The van der Waals surface area contributed by atoms with Crippen LogP contribution >= 0.6 is 15.9 Å². The highest BCUT2D eigenvalue weighted by Crippen LogP contribution is 2.29. The van der Waals surface area contributed by atoms with Crippen LogP contribution < -0.4 is 20.1 Å². The minimum Gasteiger partial charge on any atom is -0.497 e. The van der Waals surface area contributed by atoms with E-state index in [-0.39, 0.29) is 34.9 Å². The molecule has 4 amide bonds. The molecule has 1 aliphatic heterocycles. The van der Waals surface area contributed by atoms with Crippen LogP contribution in [0.5, 0.6) is 11.5 Å². The van der Waals surface area contributed by atoms with Gasteiger partial charge in [0.1, 0.15) is 17.2 Å². The molecule has 12 heteroatoms. The maximum absolute atomic E-state index is 13.9. The maximum Gasteiger partial charge on any atom is 0.338 e. The van der Waals surface area contributed by atoms with Crippen molar-refractivity contribution in [2.45, 2.75) is 103 Å². The Bertz CT molecular complexity index is 1510. The second-order valence-electron chi connectivity index (χ2n) is 12.2. The van der Waals surface area contributed by atoms with Gasteiger partial charge in [-0.05, 0) is 55.3 Å². The molecule has 11 nitrogen and oxygen atoms in total. The summed E-state index contributed by atoms with van der Waals surface area (Å²) in [5, 5.41) is 5.06. The fraction of sp³-hybridized carbons (Fsp3) is 0.500. The van der Waals surface area contributed by atoms with Gasteiger partial charge in [-0.3, -0.25) is 14.4 Å². The molecule has 0 spiro atoms. The van der Waals surface area contributed by atoms with Crippen molar-refractivity contribution in [3.8, 4) is 11.5 Å². The van der Waals surface area contributed by atoms with Crippen molar-refractivity contribution in [3.05, 3.63) is 63.8 Å². The fourth-order valence-corrected chi connectivity index (χ4v) is 5.89. The van der Waals surface area contributed by atoms with Crippen LogP contribution in [0, 0.1) is 0 Å². The van der Waals surface area contributed by atoms with Crippen LogP contribution in [0.25, 0.3) is 0 Å². The van der Waals surface area contributed by atoms with E-state index >= 15 is 0 Å². The summed E-state index contributed by atoms with van der Waals surface area (Å²) in [5.41, 5.74) is 0.224. The first-order valence-electron chi connectivity index (χ1n) is 17.5. The number of ether oxygens (including phenoxy) is 3. The number of imide groups is 1. The Morgan fingerprint density at radius 2 is 1.38 bits per heavy atom. The smallest absolute Gasteiger partial charge is 0.338 e. The van der Waals surface area contributed by atoms with E-state index in [9.17, 15) is 24.0 Å². The minimum atomic E-state index is -1.89. The predicted molar refractivity (Wildman–Crippen MR) is 196 cm³/mol. The number of halogens is 1. The highest BCUT2D eigenvalue weighted by atomic mass is 79.9. The van der Waals surface area contributed by atoms with E-state index in [0.717, 1.165) is 19.3 Å². The molecule has 1 aliphatic rings. The second kappa shape index (κ2) is 21.1. The van der Waals surface area contributed by atoms with Crippen LogP contribution in [0.1, 0.15) is 118 Å². The largest absolute Gasteiger partial charge is 0.497 e. The molecular weight excluding hydrogens is 706 g/mol. The van der Waals surface area contributed by atoms with Crippen molar-refractivity contribution in [2.24, 2.45) is 0 Å². The summed E-state index contributed by atoms with van der Waals surface area (Å²) in [6.45, 7) is 4.27. The Hall–Kier alpha value is -4.19. The highest BCUT2D eigenvalue weighted by Gasteiger charge is 2.46. The van der Waals surface area contributed by atoms with Crippen LogP contribution in [0.2, 0.25) is 0 Å². The Morgan fingerprint density at radius 1 is 0.800 bits per heavy atom. The lowest BCUT2D eigenvalue weighted by Crippen LogP contribution is -2.52. The molecule has 1 unspecified atom stereocenters. The number of rotatable bonds is 22. The van der Waals surface area contributed by atoms with Crippen LogP contribution in [0.4, 0.5) is 10.5 Å². The van der Waals surface area contributed by atoms with E-state index in [2.05, 4.69) is 33.5 Å². The quantitative estimate of drug-likeness (QED) is 0.0305. The monoisotopic (exact) mass is 755 g/mol. The van der Waals surface area contributed by atoms with E-state index in [4.69, 9.17) is 14.2 Å². The van der Waals surface area contributed by atoms with Crippen molar-refractivity contribution in [1.29, 1.82) is 0 Å². The van der Waals surface area contributed by atoms with Crippen molar-refractivity contribution < 1.29 is 38.2 Å². The Morgan fingerprint density at radius 3 is 1.94 bits per heavy atom. The molecule has 0 aliphatic carbocycles. The Kier molecular flexibility index (Phi) is 17.0. The molecule has 2 N–H and O–H groups in total. The molecule has 272 valence electrons. The Balaban J connectivity index is 1.67. The van der Waals surface area contributed by atoms with Gasteiger partial charge in [0.2, 0.25) is 0 Å². The Labute approximate surface area is 303 Å². The number of anilines is 1. The van der Waals surface area contributed by atoms with Gasteiger partial charge in [0.15, 0.2) is 11.8 Å². The van der Waals surface area contributed by atoms with Gasteiger partial charge in [-0.1, -0.05) is 100 Å². The third-order valence-corrected chi connectivity index (χ3v) is 9.48. The fourth-order valence-electron chi connectivity index (χ4n) is 5.62. The lowest BCUT2D eigenvalue weighted by atomic mass is 10.0. The van der Waals surface area contributed by atoms with Gasteiger partial charge >= 0.3 is 12.0 Å². The number of urea groups is 1. The van der Waals surface area contributed by atoms with E-state index in [1.165, 1.54) is 114 Å². The van der Waals surface area contributed by atoms with Crippen LogP contribution in [0.15, 0.2) is 52.6 Å². The SMILES string of the molecule is CCCCCCCCCCCCCCOC(=O)c1ccc(OC)c(NC(=O)C(C(=O)c2ccc(OC)cc2)N2C(=O)N/C(=C(/Br)CC)C2=O)c1. The van der Waals surface area contributed by atoms with E-state index < -0.39 is 35.6 Å². The van der Waals surface area contributed by atoms with Crippen molar-refractivity contribution >= 4 is 51.2 Å². The summed E-state index contributed by atoms with van der Waals surface area (Å²) in [6.07, 6.45) is 14.7. The number of esters is 1. The van der Waals surface area contributed by atoms with Crippen LogP contribution in [-0.4, -0.2) is 61.4 Å². The molecular formula is C38H50BrN3O8. The standard InChI is InChI=1S/C38H50BrN3O8/c1-5-7-8-9-10-11-12-13-14-15-16-17-24-50-37(46)27-20-23-31(49-4)30(25-27)40-35(44)33(34(43)26-18-21-28(48-3)22-19-26)42-36(45)32(29(39)6-2)41-38(42)47/h18-23,25,33H,5-17,24H2,1-4H3,(H,40,44)(H,41,47)/b32-29+. The molecule has 2 aromatic carbocycles. The summed E-state index contributed by atoms with van der Waals surface area (Å²) in [6, 6.07) is 7.49. The number of hydrogen-bond acceptors (Lipinski definition) is 8. The van der Waals surface area contributed by atoms with E-state index in [1.807, 2.05) is 0 Å². The summed E-state index contributed by atoms with van der Waals surface area (Å²) < 4.78 is 16.5. The van der Waals surface area contributed by atoms with Gasteiger partial charge in [0, 0.05) is 10.0 Å². The molecule has 50 heavy (non-hydrogen) atoms. The highest BCUT2D eigenvalue weighted by molar-refractivity contribution is 9.11. The van der Waals surface area contributed by atoms with Crippen molar-refractivity contribution in [3.63, 3.8) is 0 Å². The molecule has 0 bridgehead atoms. The van der Waals surface area contributed by atoms with Crippen LogP contribution in [0.3, 0.4) is 0 Å². The van der Waals surface area contributed by atoms with Crippen LogP contribution in [-0.2, 0) is 14.3 Å². The number of carbonyl (C=O) groups is 5. The number of nitrogens with zero attached hydrogens (tertiary/aromatic N) is 1. The van der Waals surface area contributed by atoms with Gasteiger partial charge < -0.3 is 24.8 Å². The summed E-state index contributed by atoms with van der Waals surface area (Å²) >= 11 is 3.28. The summed E-state index contributed by atoms with van der Waals surface area (Å²) in [4.78, 5) is 67.7. The van der Waals surface area contributed by atoms with Crippen molar-refractivity contribution in [2.75, 3.05) is 26.1 Å². The number of nitrogens with one attached hydrogen (secondary N) is 2. The normalized spacial score (nSPS) is 14.2. The molecule has 1 atom stereocenters. The average Bonchev–Trinajstić information content (AvgIpc) is 3.42. The van der Waals surface area contributed by atoms with Gasteiger partial charge in [-0.2, -0.15) is 0 Å². The molecule has 1 saturated heterocycles. The number of Topliss-reactive ketones (excluding diaryl/α,β-unsaturated/α-hetero) is 1. The van der Waals surface area contributed by atoms with E-state index in [1.54, 1.807) is 6.92 Å². The molecule has 3 rings (SSSR count). The molecule has 0 radical (unpaired) electrons. The number of methoxy groups -OCH3 is 2. The first-order chi connectivity index (χ1) is 24.2. The minimum absolute atomic E-state index is 0.0578. The third-order valence-electron chi connectivity index (χ3n) is 8.52. The maximum atomic E-state index is 13.9. The zero-order chi connectivity index (χ0) is 36.5. The van der Waals surface area contributed by atoms with Gasteiger partial charge in [0.05, 0.1) is 32.1 Å². The van der Waals surface area contributed by atoms with Gasteiger partial charge in [-0.15, -0.1) is 0 Å². The number of ketones is 1. The number of unbranched alkanes of at least 4 members (excludes halogenated alkanes) is 11. The molecule has 1 heterocycles. The number of benzene rings is 2.